The molecule has 0 aliphatic heterocycles. The molecule has 3 rings (SSSR count). The van der Waals surface area contributed by atoms with E-state index in [-0.39, 0.29) is 0 Å². The summed E-state index contributed by atoms with van der Waals surface area (Å²) in [7, 11) is 4.15. The number of aromatic nitrogens is 1. The molecular weight excluding hydrogens is 234 g/mol. The van der Waals surface area contributed by atoms with Crippen molar-refractivity contribution < 1.29 is 0 Å². The number of hydrogen-bond acceptors (Lipinski definition) is 3. The summed E-state index contributed by atoms with van der Waals surface area (Å²) in [6.07, 6.45) is 2.75. The fourth-order valence-electron chi connectivity index (χ4n) is 2.57. The molecule has 0 amide bonds. The summed E-state index contributed by atoms with van der Waals surface area (Å²) in [6.45, 7) is 1.99. The second-order valence-corrected chi connectivity index (χ2v) is 5.52. The van der Waals surface area contributed by atoms with Crippen LogP contribution in [0.5, 0.6) is 0 Å². The van der Waals surface area contributed by atoms with Gasteiger partial charge in [-0.2, -0.15) is 0 Å². The zero-order chi connectivity index (χ0) is 13.2. The van der Waals surface area contributed by atoms with Crippen LogP contribution < -0.4 is 10.2 Å². The third kappa shape index (κ3) is 2.71. The van der Waals surface area contributed by atoms with Gasteiger partial charge in [0.2, 0.25) is 0 Å². The first kappa shape index (κ1) is 12.4. The monoisotopic (exact) mass is 255 g/mol. The summed E-state index contributed by atoms with van der Waals surface area (Å²) >= 11 is 0. The van der Waals surface area contributed by atoms with E-state index in [0.29, 0.717) is 0 Å². The van der Waals surface area contributed by atoms with E-state index < -0.39 is 0 Å². The van der Waals surface area contributed by atoms with E-state index in [0.717, 1.165) is 30.3 Å². The number of fused-ring (bicyclic) bond motifs is 1. The maximum Gasteiger partial charge on any atom is 0.133 e. The smallest absolute Gasteiger partial charge is 0.133 e. The standard InChI is InChI=1S/C16H21N3/c1-17-10-14-9-13-5-3-4-6-15(13)18-16(14)19(2)11-12-7-8-12/h3-6,9,12,17H,7-8,10-11H2,1-2H3. The molecule has 0 radical (unpaired) electrons. The number of pyridine rings is 1. The Bertz CT molecular complexity index is 575. The van der Waals surface area contributed by atoms with Gasteiger partial charge in [0, 0.05) is 31.1 Å². The van der Waals surface area contributed by atoms with Crippen molar-refractivity contribution in [1.29, 1.82) is 0 Å². The number of hydrogen-bond donors (Lipinski definition) is 1. The van der Waals surface area contributed by atoms with Crippen LogP contribution in [0, 0.1) is 5.92 Å². The number of nitrogens with zero attached hydrogens (tertiary/aromatic N) is 2. The van der Waals surface area contributed by atoms with Gasteiger partial charge in [0.05, 0.1) is 5.52 Å². The molecule has 1 saturated carbocycles. The van der Waals surface area contributed by atoms with Gasteiger partial charge in [-0.3, -0.25) is 0 Å². The minimum Gasteiger partial charge on any atom is -0.359 e. The Kier molecular flexibility index (Phi) is 3.38. The molecule has 19 heavy (non-hydrogen) atoms. The molecule has 0 atom stereocenters. The fourth-order valence-corrected chi connectivity index (χ4v) is 2.57. The van der Waals surface area contributed by atoms with Gasteiger partial charge in [-0.25, -0.2) is 4.98 Å². The van der Waals surface area contributed by atoms with Crippen molar-refractivity contribution in [3.05, 3.63) is 35.9 Å². The highest BCUT2D eigenvalue weighted by Crippen LogP contribution is 2.32. The van der Waals surface area contributed by atoms with Crippen LogP contribution in [0.1, 0.15) is 18.4 Å². The van der Waals surface area contributed by atoms with Crippen LogP contribution in [-0.4, -0.2) is 25.6 Å². The normalized spacial score (nSPS) is 14.8. The maximum absolute atomic E-state index is 4.86. The van der Waals surface area contributed by atoms with Gasteiger partial charge in [0.1, 0.15) is 5.82 Å². The number of benzene rings is 1. The Morgan fingerprint density at radius 1 is 1.32 bits per heavy atom. The molecule has 1 fully saturated rings. The van der Waals surface area contributed by atoms with Gasteiger partial charge < -0.3 is 10.2 Å². The highest BCUT2D eigenvalue weighted by atomic mass is 15.2. The molecule has 1 aromatic heterocycles. The van der Waals surface area contributed by atoms with E-state index in [1.165, 1.54) is 23.8 Å². The third-order valence-corrected chi connectivity index (χ3v) is 3.74. The average molecular weight is 255 g/mol. The first-order valence-corrected chi connectivity index (χ1v) is 7.02. The zero-order valence-electron chi connectivity index (χ0n) is 11.7. The van der Waals surface area contributed by atoms with Crippen molar-refractivity contribution in [3.8, 4) is 0 Å². The van der Waals surface area contributed by atoms with Crippen molar-refractivity contribution in [2.45, 2.75) is 19.4 Å². The number of anilines is 1. The summed E-state index contributed by atoms with van der Waals surface area (Å²) in [4.78, 5) is 7.18. The lowest BCUT2D eigenvalue weighted by molar-refractivity contribution is 0.758. The van der Waals surface area contributed by atoms with Gasteiger partial charge in [-0.1, -0.05) is 18.2 Å². The van der Waals surface area contributed by atoms with Crippen molar-refractivity contribution in [2.24, 2.45) is 5.92 Å². The third-order valence-electron chi connectivity index (χ3n) is 3.74. The Hall–Kier alpha value is -1.61. The molecule has 100 valence electrons. The molecule has 0 bridgehead atoms. The van der Waals surface area contributed by atoms with Crippen molar-refractivity contribution in [1.82, 2.24) is 10.3 Å². The van der Waals surface area contributed by atoms with Crippen LogP contribution in [0.2, 0.25) is 0 Å². The van der Waals surface area contributed by atoms with Crippen molar-refractivity contribution >= 4 is 16.7 Å². The fraction of sp³-hybridized carbons (Fsp3) is 0.438. The number of para-hydroxylation sites is 1. The Balaban J connectivity index is 2.00. The minimum atomic E-state index is 0.863. The quantitative estimate of drug-likeness (QED) is 0.890. The lowest BCUT2D eigenvalue weighted by atomic mass is 10.1. The predicted octanol–water partition coefficient (Wildman–Crippen LogP) is 2.80. The van der Waals surface area contributed by atoms with Crippen LogP contribution in [0.3, 0.4) is 0 Å². The highest BCUT2D eigenvalue weighted by Gasteiger charge is 2.24. The molecular formula is C16H21N3. The van der Waals surface area contributed by atoms with Crippen LogP contribution >= 0.6 is 0 Å². The lowest BCUT2D eigenvalue weighted by Crippen LogP contribution is -2.23. The molecule has 3 nitrogen and oxygen atoms in total. The number of rotatable bonds is 5. The molecule has 0 unspecified atom stereocenters. The first-order chi connectivity index (χ1) is 9.28. The second kappa shape index (κ2) is 5.17. The summed E-state index contributed by atoms with van der Waals surface area (Å²) in [6, 6.07) is 10.6. The molecule has 1 heterocycles. The molecule has 1 aliphatic carbocycles. The Morgan fingerprint density at radius 2 is 2.11 bits per heavy atom. The zero-order valence-corrected chi connectivity index (χ0v) is 11.7. The summed E-state index contributed by atoms with van der Waals surface area (Å²) in [5, 5.41) is 4.47. The maximum atomic E-state index is 4.86. The topological polar surface area (TPSA) is 28.2 Å². The molecule has 1 N–H and O–H groups in total. The van der Waals surface area contributed by atoms with Crippen LogP contribution in [-0.2, 0) is 6.54 Å². The van der Waals surface area contributed by atoms with E-state index in [1.54, 1.807) is 0 Å². The Labute approximate surface area is 114 Å². The molecule has 1 aliphatic rings. The summed E-state index contributed by atoms with van der Waals surface area (Å²) < 4.78 is 0. The van der Waals surface area contributed by atoms with E-state index in [9.17, 15) is 0 Å². The van der Waals surface area contributed by atoms with Crippen LogP contribution in [0.15, 0.2) is 30.3 Å². The second-order valence-electron chi connectivity index (χ2n) is 5.52. The Morgan fingerprint density at radius 3 is 2.84 bits per heavy atom. The summed E-state index contributed by atoms with van der Waals surface area (Å²) in [5.41, 5.74) is 2.37. The summed E-state index contributed by atoms with van der Waals surface area (Å²) in [5.74, 6) is 2.00. The van der Waals surface area contributed by atoms with Crippen LogP contribution in [0.25, 0.3) is 10.9 Å². The van der Waals surface area contributed by atoms with Gasteiger partial charge in [-0.05, 0) is 37.9 Å². The SMILES string of the molecule is CNCc1cc2ccccc2nc1N(C)CC1CC1. The molecule has 2 aromatic rings. The minimum absolute atomic E-state index is 0.863. The molecule has 3 heteroatoms. The van der Waals surface area contributed by atoms with Gasteiger partial charge in [0.15, 0.2) is 0 Å². The van der Waals surface area contributed by atoms with Crippen molar-refractivity contribution in [2.75, 3.05) is 25.5 Å². The van der Waals surface area contributed by atoms with E-state index in [4.69, 9.17) is 4.98 Å². The van der Waals surface area contributed by atoms with Gasteiger partial charge in [-0.15, -0.1) is 0 Å². The predicted molar refractivity (Wildman–Crippen MR) is 80.5 cm³/mol. The molecule has 0 spiro atoms. The van der Waals surface area contributed by atoms with Crippen molar-refractivity contribution in [3.63, 3.8) is 0 Å². The molecule has 1 aromatic carbocycles. The molecule has 0 saturated heterocycles. The van der Waals surface area contributed by atoms with Crippen LogP contribution in [0.4, 0.5) is 5.82 Å². The highest BCUT2D eigenvalue weighted by molar-refractivity contribution is 5.81. The largest absolute Gasteiger partial charge is 0.359 e. The lowest BCUT2D eigenvalue weighted by Gasteiger charge is -2.22. The number of nitrogens with one attached hydrogen (secondary N) is 1. The van der Waals surface area contributed by atoms with Gasteiger partial charge >= 0.3 is 0 Å². The van der Waals surface area contributed by atoms with E-state index in [2.05, 4.69) is 47.6 Å². The first-order valence-electron chi connectivity index (χ1n) is 7.02. The van der Waals surface area contributed by atoms with E-state index in [1.807, 2.05) is 7.05 Å². The van der Waals surface area contributed by atoms with Gasteiger partial charge in [0.25, 0.3) is 0 Å². The van der Waals surface area contributed by atoms with E-state index >= 15 is 0 Å². The average Bonchev–Trinajstić information content (AvgIpc) is 3.22.